The van der Waals surface area contributed by atoms with Crippen LogP contribution in [-0.4, -0.2) is 28.8 Å². The summed E-state index contributed by atoms with van der Waals surface area (Å²) in [6.45, 7) is 1.77. The number of carbonyl (C=O) groups is 1. The topological polar surface area (TPSA) is 69.6 Å². The van der Waals surface area contributed by atoms with Crippen molar-refractivity contribution in [3.05, 3.63) is 29.3 Å². The van der Waals surface area contributed by atoms with Crippen molar-refractivity contribution in [2.45, 2.75) is 32.0 Å². The van der Waals surface area contributed by atoms with Gasteiger partial charge in [-0.1, -0.05) is 0 Å². The zero-order valence-electron chi connectivity index (χ0n) is 10.9. The summed E-state index contributed by atoms with van der Waals surface area (Å²) in [6.07, 6.45) is -3.47. The number of anilines is 1. The van der Waals surface area contributed by atoms with Gasteiger partial charge in [0.15, 0.2) is 0 Å². The van der Waals surface area contributed by atoms with Gasteiger partial charge in [-0.15, -0.1) is 0 Å². The molecule has 0 amide bonds. The summed E-state index contributed by atoms with van der Waals surface area (Å²) in [5, 5.41) is 20.5. The minimum atomic E-state index is -4.58. The van der Waals surface area contributed by atoms with Crippen LogP contribution < -0.4 is 5.32 Å². The summed E-state index contributed by atoms with van der Waals surface area (Å²) in [4.78, 5) is 11.0. The van der Waals surface area contributed by atoms with Gasteiger partial charge in [-0.3, -0.25) is 0 Å². The van der Waals surface area contributed by atoms with E-state index in [1.165, 1.54) is 0 Å². The molecule has 3 N–H and O–H groups in total. The molecule has 20 heavy (non-hydrogen) atoms. The SMILES string of the molecule is CC(CCCO)Nc1ccc(C(F)(F)F)cc1C(=O)O. The molecule has 0 bridgehead atoms. The number of nitrogens with one attached hydrogen (secondary N) is 1. The van der Waals surface area contributed by atoms with E-state index in [0.29, 0.717) is 18.9 Å². The summed E-state index contributed by atoms with van der Waals surface area (Å²) >= 11 is 0. The molecule has 0 saturated carbocycles. The number of aromatic carboxylic acids is 1. The van der Waals surface area contributed by atoms with Gasteiger partial charge >= 0.3 is 12.1 Å². The molecule has 1 rings (SSSR count). The number of carboxylic acid groups (broad SMARTS) is 1. The highest BCUT2D eigenvalue weighted by Crippen LogP contribution is 2.32. The van der Waals surface area contributed by atoms with E-state index in [4.69, 9.17) is 10.2 Å². The Hall–Kier alpha value is -1.76. The van der Waals surface area contributed by atoms with Crippen molar-refractivity contribution in [2.24, 2.45) is 0 Å². The summed E-state index contributed by atoms with van der Waals surface area (Å²) in [5.74, 6) is -1.42. The van der Waals surface area contributed by atoms with E-state index >= 15 is 0 Å². The average molecular weight is 291 g/mol. The predicted molar refractivity (Wildman–Crippen MR) is 67.8 cm³/mol. The third-order valence-corrected chi connectivity index (χ3v) is 2.77. The van der Waals surface area contributed by atoms with Crippen LogP contribution in [0.2, 0.25) is 0 Å². The lowest BCUT2D eigenvalue weighted by Crippen LogP contribution is -2.18. The second-order valence-electron chi connectivity index (χ2n) is 4.47. The lowest BCUT2D eigenvalue weighted by molar-refractivity contribution is -0.137. The summed E-state index contributed by atoms with van der Waals surface area (Å²) in [6, 6.07) is 2.41. The third kappa shape index (κ3) is 4.41. The molecule has 0 aliphatic heterocycles. The van der Waals surface area contributed by atoms with Crippen LogP contribution in [-0.2, 0) is 6.18 Å². The zero-order chi connectivity index (χ0) is 15.3. The highest BCUT2D eigenvalue weighted by molar-refractivity contribution is 5.94. The monoisotopic (exact) mass is 291 g/mol. The van der Waals surface area contributed by atoms with E-state index in [0.717, 1.165) is 12.1 Å². The van der Waals surface area contributed by atoms with Crippen molar-refractivity contribution >= 4 is 11.7 Å². The highest BCUT2D eigenvalue weighted by atomic mass is 19.4. The average Bonchev–Trinajstić information content (AvgIpc) is 2.35. The number of aliphatic hydroxyl groups excluding tert-OH is 1. The molecular weight excluding hydrogens is 275 g/mol. The fourth-order valence-corrected chi connectivity index (χ4v) is 1.76. The number of benzene rings is 1. The van der Waals surface area contributed by atoms with Gasteiger partial charge in [0.1, 0.15) is 0 Å². The normalized spacial score (nSPS) is 13.1. The first-order valence-electron chi connectivity index (χ1n) is 6.07. The molecule has 1 unspecified atom stereocenters. The van der Waals surface area contributed by atoms with Crippen molar-refractivity contribution in [2.75, 3.05) is 11.9 Å². The first-order valence-corrected chi connectivity index (χ1v) is 6.07. The quantitative estimate of drug-likeness (QED) is 0.753. The molecule has 1 aromatic rings. The Morgan fingerprint density at radius 3 is 2.55 bits per heavy atom. The van der Waals surface area contributed by atoms with E-state index in [1.54, 1.807) is 6.92 Å². The fourth-order valence-electron chi connectivity index (χ4n) is 1.76. The van der Waals surface area contributed by atoms with Gasteiger partial charge in [-0.25, -0.2) is 4.79 Å². The van der Waals surface area contributed by atoms with E-state index in [2.05, 4.69) is 5.32 Å². The zero-order valence-corrected chi connectivity index (χ0v) is 10.9. The van der Waals surface area contributed by atoms with E-state index < -0.39 is 23.3 Å². The second-order valence-corrected chi connectivity index (χ2v) is 4.47. The molecule has 0 heterocycles. The minimum absolute atomic E-state index is 0.00478. The molecule has 1 aromatic carbocycles. The van der Waals surface area contributed by atoms with Crippen LogP contribution in [0.3, 0.4) is 0 Å². The molecule has 0 fully saturated rings. The number of alkyl halides is 3. The van der Waals surface area contributed by atoms with Crippen LogP contribution in [0, 0.1) is 0 Å². The van der Waals surface area contributed by atoms with Gasteiger partial charge in [0.25, 0.3) is 0 Å². The van der Waals surface area contributed by atoms with Crippen molar-refractivity contribution in [1.29, 1.82) is 0 Å². The van der Waals surface area contributed by atoms with Crippen molar-refractivity contribution in [3.8, 4) is 0 Å². The predicted octanol–water partition coefficient (Wildman–Crippen LogP) is 2.98. The van der Waals surface area contributed by atoms with Crippen molar-refractivity contribution in [3.63, 3.8) is 0 Å². The lowest BCUT2D eigenvalue weighted by atomic mass is 10.1. The Morgan fingerprint density at radius 1 is 1.40 bits per heavy atom. The second kappa shape index (κ2) is 6.60. The van der Waals surface area contributed by atoms with Gasteiger partial charge < -0.3 is 15.5 Å². The van der Waals surface area contributed by atoms with E-state index in [-0.39, 0.29) is 18.3 Å². The molecule has 0 saturated heterocycles. The Bertz CT molecular complexity index is 474. The Morgan fingerprint density at radius 2 is 2.05 bits per heavy atom. The summed E-state index contributed by atoms with van der Waals surface area (Å²) < 4.78 is 37.7. The first-order chi connectivity index (χ1) is 9.25. The Kier molecular flexibility index (Phi) is 5.38. The molecule has 0 aliphatic rings. The Labute approximate surface area is 114 Å². The number of aliphatic hydroxyl groups is 1. The Balaban J connectivity index is 2.99. The van der Waals surface area contributed by atoms with Gasteiger partial charge in [0.05, 0.1) is 11.1 Å². The largest absolute Gasteiger partial charge is 0.478 e. The molecule has 0 aromatic heterocycles. The summed E-state index contributed by atoms with van der Waals surface area (Å²) in [5.41, 5.74) is -1.28. The van der Waals surface area contributed by atoms with Crippen LogP contribution in [0.4, 0.5) is 18.9 Å². The van der Waals surface area contributed by atoms with Crippen molar-refractivity contribution in [1.82, 2.24) is 0 Å². The maximum absolute atomic E-state index is 12.6. The molecule has 4 nitrogen and oxygen atoms in total. The number of rotatable bonds is 6. The molecule has 0 aliphatic carbocycles. The van der Waals surface area contributed by atoms with Crippen LogP contribution in [0.5, 0.6) is 0 Å². The van der Waals surface area contributed by atoms with Crippen molar-refractivity contribution < 1.29 is 28.2 Å². The van der Waals surface area contributed by atoms with E-state index in [1.807, 2.05) is 0 Å². The van der Waals surface area contributed by atoms with Gasteiger partial charge in [0.2, 0.25) is 0 Å². The van der Waals surface area contributed by atoms with Gasteiger partial charge in [-0.2, -0.15) is 13.2 Å². The highest BCUT2D eigenvalue weighted by Gasteiger charge is 2.31. The molecule has 0 radical (unpaired) electrons. The first kappa shape index (κ1) is 16.3. The summed E-state index contributed by atoms with van der Waals surface area (Å²) in [7, 11) is 0. The number of halogens is 3. The number of carboxylic acids is 1. The van der Waals surface area contributed by atoms with E-state index in [9.17, 15) is 18.0 Å². The third-order valence-electron chi connectivity index (χ3n) is 2.77. The molecule has 112 valence electrons. The smallest absolute Gasteiger partial charge is 0.416 e. The van der Waals surface area contributed by atoms with Crippen LogP contribution in [0.1, 0.15) is 35.7 Å². The van der Waals surface area contributed by atoms with Crippen LogP contribution in [0.15, 0.2) is 18.2 Å². The molecular formula is C13H16F3NO3. The van der Waals surface area contributed by atoms with Crippen LogP contribution in [0.25, 0.3) is 0 Å². The van der Waals surface area contributed by atoms with Gasteiger partial charge in [-0.05, 0) is 38.0 Å². The number of hydrogen-bond donors (Lipinski definition) is 3. The maximum Gasteiger partial charge on any atom is 0.416 e. The molecule has 7 heteroatoms. The molecule has 0 spiro atoms. The standard InChI is InChI=1S/C13H16F3NO3/c1-8(3-2-6-18)17-11-5-4-9(13(14,15)16)7-10(11)12(19)20/h4-5,7-8,17-18H,2-3,6H2,1H3,(H,19,20). The number of hydrogen-bond acceptors (Lipinski definition) is 3. The lowest BCUT2D eigenvalue weighted by Gasteiger charge is -2.17. The fraction of sp³-hybridized carbons (Fsp3) is 0.462. The maximum atomic E-state index is 12.6. The van der Waals surface area contributed by atoms with Gasteiger partial charge in [0, 0.05) is 18.3 Å². The van der Waals surface area contributed by atoms with Crippen LogP contribution >= 0.6 is 0 Å². The molecule has 1 atom stereocenters. The minimum Gasteiger partial charge on any atom is -0.478 e.